The molecule has 0 bridgehead atoms. The summed E-state index contributed by atoms with van der Waals surface area (Å²) in [5, 5.41) is 48.1. The van der Waals surface area contributed by atoms with Crippen molar-refractivity contribution in [1.82, 2.24) is 26.1 Å². The molecule has 0 unspecified atom stereocenters. The maximum absolute atomic E-state index is 12.6. The van der Waals surface area contributed by atoms with Gasteiger partial charge in [0.2, 0.25) is 6.33 Å². The van der Waals surface area contributed by atoms with Gasteiger partial charge in [0, 0.05) is 24.5 Å². The number of aromatic hydroxyl groups is 4. The average molecular weight is 817 g/mol. The van der Waals surface area contributed by atoms with E-state index in [4.69, 9.17) is 0 Å². The molecule has 0 radical (unpaired) electrons. The monoisotopic (exact) mass is 816 g/mol. The Bertz CT molecular complexity index is 2130. The number of phenolic OH excluding ortho intramolecular Hbond substituents is 4. The number of halogens is 1. The van der Waals surface area contributed by atoms with E-state index in [1.807, 2.05) is 0 Å². The number of anilines is 4. The van der Waals surface area contributed by atoms with Crippen LogP contribution in [0.25, 0.3) is 0 Å². The second kappa shape index (κ2) is 20.1. The Labute approximate surface area is 335 Å². The first kappa shape index (κ1) is 42.7. The van der Waals surface area contributed by atoms with Crippen LogP contribution in [0.3, 0.4) is 0 Å². The molecule has 0 saturated heterocycles. The molecule has 21 heteroatoms. The normalized spacial score (nSPS) is 10.2. The predicted octanol–water partition coefficient (Wildman–Crippen LogP) is -2.60. The summed E-state index contributed by atoms with van der Waals surface area (Å²) in [4.78, 5) is 73.7. The van der Waals surface area contributed by atoms with E-state index in [1.54, 1.807) is 76.4 Å². The number of rotatable bonds is 14. The van der Waals surface area contributed by atoms with Crippen molar-refractivity contribution in [2.45, 2.75) is 26.2 Å². The number of nitrogens with one attached hydrogen (secondary N) is 8. The Morgan fingerprint density at radius 3 is 1.41 bits per heavy atom. The van der Waals surface area contributed by atoms with Gasteiger partial charge in [0.1, 0.15) is 12.4 Å². The molecule has 4 aromatic carbocycles. The minimum absolute atomic E-state index is 0. The van der Waals surface area contributed by atoms with Gasteiger partial charge in [-0.3, -0.25) is 50.5 Å². The second-order valence-electron chi connectivity index (χ2n) is 12.2. The fourth-order valence-electron chi connectivity index (χ4n) is 4.89. The number of hydrogen-bond donors (Lipinski definition) is 12. The molecule has 1 heterocycles. The van der Waals surface area contributed by atoms with E-state index in [0.717, 1.165) is 0 Å². The molecule has 0 aliphatic carbocycles. The number of amides is 6. The van der Waals surface area contributed by atoms with Crippen LogP contribution in [0.2, 0.25) is 0 Å². The van der Waals surface area contributed by atoms with Crippen LogP contribution < -0.4 is 59.9 Å². The zero-order valence-corrected chi connectivity index (χ0v) is 30.9. The highest BCUT2D eigenvalue weighted by atomic mass is 35.5. The summed E-state index contributed by atoms with van der Waals surface area (Å²) in [6.45, 7) is -0.224. The summed E-state index contributed by atoms with van der Waals surface area (Å²) in [5.41, 5.74) is 12.4. The van der Waals surface area contributed by atoms with E-state index in [0.29, 0.717) is 33.9 Å². The molecular weight excluding hydrogens is 780 g/mol. The van der Waals surface area contributed by atoms with Crippen LogP contribution in [0.1, 0.15) is 11.1 Å². The fourth-order valence-corrected chi connectivity index (χ4v) is 4.89. The summed E-state index contributed by atoms with van der Waals surface area (Å²) >= 11 is 0. The van der Waals surface area contributed by atoms with Crippen LogP contribution in [0.5, 0.6) is 23.0 Å². The highest BCUT2D eigenvalue weighted by Gasteiger charge is 2.16. The number of carbonyl (C=O) groups excluding carboxylic acids is 6. The number of imidazole rings is 1. The van der Waals surface area contributed by atoms with Crippen molar-refractivity contribution in [2.75, 3.05) is 21.5 Å². The first-order valence-electron chi connectivity index (χ1n) is 16.9. The topological polar surface area (TPSA) is 288 Å². The third-order valence-corrected chi connectivity index (χ3v) is 7.77. The van der Waals surface area contributed by atoms with Crippen LogP contribution in [0, 0.1) is 0 Å². The number of nitrogens with zero attached hydrogens (tertiary/aromatic N) is 2. The van der Waals surface area contributed by atoms with Crippen LogP contribution in [0.15, 0.2) is 104 Å². The van der Waals surface area contributed by atoms with Gasteiger partial charge in [-0.2, -0.15) is 0 Å². The number of hydrogen-bond acceptors (Lipinski definition) is 12. The van der Waals surface area contributed by atoms with Gasteiger partial charge < -0.3 is 54.1 Å². The molecule has 5 aromatic rings. The highest BCUT2D eigenvalue weighted by Crippen LogP contribution is 2.25. The fraction of sp³-hybridized carbons (Fsp3) is 0.108. The molecule has 1 aromatic heterocycles. The van der Waals surface area contributed by atoms with Gasteiger partial charge >= 0.3 is 23.6 Å². The zero-order valence-electron chi connectivity index (χ0n) is 30.2. The third-order valence-electron chi connectivity index (χ3n) is 7.77. The van der Waals surface area contributed by atoms with Crippen LogP contribution in [-0.2, 0) is 54.9 Å². The van der Waals surface area contributed by atoms with Gasteiger partial charge in [-0.05, 0) is 83.9 Å². The Morgan fingerprint density at radius 1 is 0.534 bits per heavy atom. The molecule has 302 valence electrons. The van der Waals surface area contributed by atoms with Crippen LogP contribution in [0.4, 0.5) is 22.7 Å². The molecule has 58 heavy (non-hydrogen) atoms. The molecule has 0 atom stereocenters. The van der Waals surface area contributed by atoms with Crippen molar-refractivity contribution in [1.29, 1.82) is 0 Å². The van der Waals surface area contributed by atoms with Gasteiger partial charge in [-0.1, -0.05) is 12.1 Å². The molecule has 12 N–H and O–H groups in total. The minimum atomic E-state index is -0.970. The highest BCUT2D eigenvalue weighted by molar-refractivity contribution is 6.35. The molecule has 0 aliphatic heterocycles. The minimum Gasteiger partial charge on any atom is -1.00 e. The van der Waals surface area contributed by atoms with Crippen molar-refractivity contribution >= 4 is 58.2 Å². The summed E-state index contributed by atoms with van der Waals surface area (Å²) in [5.74, 6) is -5.84. The molecule has 6 amide bonds. The van der Waals surface area contributed by atoms with E-state index in [9.17, 15) is 49.2 Å². The summed E-state index contributed by atoms with van der Waals surface area (Å²) < 4.78 is 3.16. The Kier molecular flexibility index (Phi) is 14.8. The van der Waals surface area contributed by atoms with Crippen molar-refractivity contribution in [3.05, 3.63) is 115 Å². The number of phenols is 4. The largest absolute Gasteiger partial charge is 1.00 e. The first-order chi connectivity index (χ1) is 27.3. The summed E-state index contributed by atoms with van der Waals surface area (Å²) in [7, 11) is 0. The maximum atomic E-state index is 12.6. The second-order valence-corrected chi connectivity index (χ2v) is 12.2. The van der Waals surface area contributed by atoms with Gasteiger partial charge in [0.25, 0.3) is 11.8 Å². The lowest BCUT2D eigenvalue weighted by Crippen LogP contribution is -3.00. The van der Waals surface area contributed by atoms with Gasteiger partial charge in [-0.15, -0.1) is 0 Å². The Balaban J connectivity index is 0.00000744. The average Bonchev–Trinajstić information content (AvgIpc) is 3.63. The van der Waals surface area contributed by atoms with E-state index in [-0.39, 0.29) is 73.4 Å². The number of hydrazine groups is 2. The molecule has 0 fully saturated rings. The van der Waals surface area contributed by atoms with Crippen LogP contribution >= 0.6 is 0 Å². The Morgan fingerprint density at radius 2 is 0.966 bits per heavy atom. The van der Waals surface area contributed by atoms with E-state index in [2.05, 4.69) is 43.0 Å². The van der Waals surface area contributed by atoms with E-state index >= 15 is 0 Å². The maximum Gasteiger partial charge on any atom is 0.327 e. The molecular formula is C37H37ClN10O10. The van der Waals surface area contributed by atoms with Gasteiger partial charge in [-0.25, -0.2) is 9.13 Å². The molecule has 0 aliphatic rings. The van der Waals surface area contributed by atoms with E-state index in [1.165, 1.54) is 36.4 Å². The standard InChI is InChI=1S/C37H36N10O10.ClH/c48-28-11-1-22(15-30(28)50)17-38-34(54)36(56)44-42-26-7-3-24(4-8-26)40-32(52)19-46-13-14-47(21-46)20-33(53)41-25-5-9-27(10-6-25)43-45-37(57)35(55)39-18-23-2-12-29(49)31(51)16-23;/h1-16,21H,17-20H2,(H11-,38,39,40,41,42,43,44,45,48,49,50,51,52,53,54,55,56,57);1H. The van der Waals surface area contributed by atoms with Gasteiger partial charge in [0.05, 0.1) is 11.4 Å². The first-order valence-corrected chi connectivity index (χ1v) is 16.9. The number of aromatic nitrogens is 2. The molecule has 20 nitrogen and oxygen atoms in total. The lowest BCUT2D eigenvalue weighted by molar-refractivity contribution is -0.683. The molecule has 0 spiro atoms. The predicted molar refractivity (Wildman–Crippen MR) is 202 cm³/mol. The van der Waals surface area contributed by atoms with Crippen LogP contribution in [-0.4, -0.2) is 60.4 Å². The van der Waals surface area contributed by atoms with Crippen molar-refractivity contribution < 1.29 is 66.2 Å². The van der Waals surface area contributed by atoms with Gasteiger partial charge in [0.15, 0.2) is 36.1 Å². The van der Waals surface area contributed by atoms with Crippen molar-refractivity contribution in [3.63, 3.8) is 0 Å². The SMILES string of the molecule is O=C(Cn1cc[n+](CC(=O)Nc2ccc(NNC(=O)C(=O)NCc3ccc(O)c(O)c3)cc2)c1)Nc1ccc(NNC(=O)C(=O)NCc2ccc(O)c(O)c2)cc1.[Cl-]. The number of benzene rings is 4. The lowest BCUT2D eigenvalue weighted by Gasteiger charge is -2.10. The quantitative estimate of drug-likeness (QED) is 0.0238. The summed E-state index contributed by atoms with van der Waals surface area (Å²) in [6, 6.07) is 20.6. The lowest BCUT2D eigenvalue weighted by atomic mass is 10.2. The summed E-state index contributed by atoms with van der Waals surface area (Å²) in [6.07, 6.45) is 4.83. The van der Waals surface area contributed by atoms with Crippen molar-refractivity contribution in [2.24, 2.45) is 0 Å². The zero-order chi connectivity index (χ0) is 40.9. The molecule has 5 rings (SSSR count). The smallest absolute Gasteiger partial charge is 0.327 e. The Hall–Kier alpha value is -8.00. The third kappa shape index (κ3) is 12.8. The van der Waals surface area contributed by atoms with Crippen molar-refractivity contribution in [3.8, 4) is 23.0 Å². The number of carbonyl (C=O) groups is 6. The van der Waals surface area contributed by atoms with E-state index < -0.39 is 23.6 Å². The molecule has 0 saturated carbocycles.